The summed E-state index contributed by atoms with van der Waals surface area (Å²) < 4.78 is 0. The van der Waals surface area contributed by atoms with Gasteiger partial charge in [-0.15, -0.1) is 0 Å². The fraction of sp³-hybridized carbons (Fsp3) is 0.231. The van der Waals surface area contributed by atoms with Gasteiger partial charge in [-0.1, -0.05) is 12.1 Å². The topological polar surface area (TPSA) is 66.9 Å². The zero-order valence-corrected chi connectivity index (χ0v) is 9.66. The molecule has 0 unspecified atom stereocenters. The van der Waals surface area contributed by atoms with Crippen molar-refractivity contribution >= 4 is 12.0 Å². The molecule has 0 saturated carbocycles. The van der Waals surface area contributed by atoms with Crippen LogP contribution in [-0.4, -0.2) is 5.91 Å². The van der Waals surface area contributed by atoms with Crippen molar-refractivity contribution in [1.29, 1.82) is 5.26 Å². The number of nitrogens with zero attached hydrogens (tertiary/aromatic N) is 1. The summed E-state index contributed by atoms with van der Waals surface area (Å²) in [5, 5.41) is 8.75. The minimum absolute atomic E-state index is 0.0219. The lowest BCUT2D eigenvalue weighted by molar-refractivity contribution is -0.114. The number of benzene rings is 1. The van der Waals surface area contributed by atoms with Crippen LogP contribution in [0.4, 0.5) is 0 Å². The van der Waals surface area contributed by atoms with E-state index in [0.717, 1.165) is 16.7 Å². The molecule has 82 valence electrons. The number of carbonyl (C=O) groups excluding carboxylic acids is 1. The quantitative estimate of drug-likeness (QED) is 0.604. The number of carbonyl (C=O) groups is 1. The summed E-state index contributed by atoms with van der Waals surface area (Å²) in [5.41, 5.74) is 9.26. The van der Waals surface area contributed by atoms with Crippen LogP contribution in [0, 0.1) is 32.1 Å². The fourth-order valence-corrected chi connectivity index (χ4v) is 1.45. The molecule has 16 heavy (non-hydrogen) atoms. The van der Waals surface area contributed by atoms with Crippen molar-refractivity contribution in [3.63, 3.8) is 0 Å². The first kappa shape index (κ1) is 12.0. The summed E-state index contributed by atoms with van der Waals surface area (Å²) in [6.45, 7) is 5.95. The van der Waals surface area contributed by atoms with E-state index in [2.05, 4.69) is 0 Å². The summed E-state index contributed by atoms with van der Waals surface area (Å²) >= 11 is 0. The number of amides is 1. The van der Waals surface area contributed by atoms with Crippen LogP contribution < -0.4 is 5.73 Å². The standard InChI is InChI=1S/C13H14N2O/c1-8-4-10(3)11(5-9(8)2)6-12(7-14)13(15)16/h4-6H,1-3H3,(H2,15,16)/b12-6+. The highest BCUT2D eigenvalue weighted by molar-refractivity contribution is 6.00. The maximum Gasteiger partial charge on any atom is 0.259 e. The molecule has 0 bridgehead atoms. The van der Waals surface area contributed by atoms with Gasteiger partial charge in [0.05, 0.1) is 0 Å². The minimum atomic E-state index is -0.694. The second-order valence-electron chi connectivity index (χ2n) is 3.83. The predicted octanol–water partition coefficient (Wildman–Crippen LogP) is 2.00. The van der Waals surface area contributed by atoms with Crippen molar-refractivity contribution in [3.8, 4) is 6.07 Å². The lowest BCUT2D eigenvalue weighted by Crippen LogP contribution is -2.12. The lowest BCUT2D eigenvalue weighted by Gasteiger charge is -2.06. The van der Waals surface area contributed by atoms with Crippen LogP contribution in [-0.2, 0) is 4.79 Å². The third kappa shape index (κ3) is 2.48. The second kappa shape index (κ2) is 4.63. The van der Waals surface area contributed by atoms with E-state index in [9.17, 15) is 4.79 Å². The molecule has 1 aromatic rings. The number of nitriles is 1. The maximum absolute atomic E-state index is 10.9. The number of hydrogen-bond acceptors (Lipinski definition) is 2. The highest BCUT2D eigenvalue weighted by Gasteiger charge is 2.05. The minimum Gasteiger partial charge on any atom is -0.365 e. The molecule has 0 spiro atoms. The summed E-state index contributed by atoms with van der Waals surface area (Å²) in [5.74, 6) is -0.694. The van der Waals surface area contributed by atoms with Crippen molar-refractivity contribution in [1.82, 2.24) is 0 Å². The Morgan fingerprint density at radius 2 is 1.81 bits per heavy atom. The zero-order valence-electron chi connectivity index (χ0n) is 9.66. The van der Waals surface area contributed by atoms with Gasteiger partial charge in [0.1, 0.15) is 11.6 Å². The van der Waals surface area contributed by atoms with Crippen molar-refractivity contribution < 1.29 is 4.79 Å². The molecule has 0 saturated heterocycles. The van der Waals surface area contributed by atoms with Crippen LogP contribution in [0.25, 0.3) is 6.08 Å². The molecule has 1 aromatic carbocycles. The Labute approximate surface area is 95.2 Å². The van der Waals surface area contributed by atoms with Crippen molar-refractivity contribution in [2.75, 3.05) is 0 Å². The molecule has 3 nitrogen and oxygen atoms in total. The summed E-state index contributed by atoms with van der Waals surface area (Å²) in [7, 11) is 0. The van der Waals surface area contributed by atoms with Gasteiger partial charge in [-0.3, -0.25) is 4.79 Å². The Kier molecular flexibility index (Phi) is 3.47. The van der Waals surface area contributed by atoms with Gasteiger partial charge >= 0.3 is 0 Å². The third-order valence-corrected chi connectivity index (χ3v) is 2.57. The van der Waals surface area contributed by atoms with E-state index in [1.54, 1.807) is 6.07 Å². The maximum atomic E-state index is 10.9. The van der Waals surface area contributed by atoms with Crippen LogP contribution in [0.15, 0.2) is 17.7 Å². The van der Waals surface area contributed by atoms with Gasteiger partial charge in [-0.05, 0) is 49.1 Å². The molecule has 1 rings (SSSR count). The number of hydrogen-bond donors (Lipinski definition) is 1. The molecule has 0 aliphatic heterocycles. The number of nitrogens with two attached hydrogens (primary N) is 1. The predicted molar refractivity (Wildman–Crippen MR) is 63.4 cm³/mol. The normalized spacial score (nSPS) is 11.0. The van der Waals surface area contributed by atoms with Gasteiger partial charge in [0, 0.05) is 0 Å². The summed E-state index contributed by atoms with van der Waals surface area (Å²) in [4.78, 5) is 10.9. The molecule has 3 heteroatoms. The molecule has 0 atom stereocenters. The van der Waals surface area contributed by atoms with Crippen molar-refractivity contribution in [3.05, 3.63) is 40.0 Å². The molecule has 0 heterocycles. The molecule has 0 fully saturated rings. The number of rotatable bonds is 2. The molecule has 0 aliphatic carbocycles. The van der Waals surface area contributed by atoms with Crippen molar-refractivity contribution in [2.45, 2.75) is 20.8 Å². The number of aryl methyl sites for hydroxylation is 3. The zero-order chi connectivity index (χ0) is 12.3. The van der Waals surface area contributed by atoms with Gasteiger partial charge in [0.15, 0.2) is 0 Å². The van der Waals surface area contributed by atoms with Crippen molar-refractivity contribution in [2.24, 2.45) is 5.73 Å². The van der Waals surface area contributed by atoms with E-state index >= 15 is 0 Å². The lowest BCUT2D eigenvalue weighted by atomic mass is 9.99. The molecule has 0 aromatic heterocycles. The molecular weight excluding hydrogens is 200 g/mol. The Morgan fingerprint density at radius 1 is 1.25 bits per heavy atom. The van der Waals surface area contributed by atoms with E-state index in [4.69, 9.17) is 11.0 Å². The highest BCUT2D eigenvalue weighted by Crippen LogP contribution is 2.17. The van der Waals surface area contributed by atoms with Crippen LogP contribution in [0.5, 0.6) is 0 Å². The average Bonchev–Trinajstić information content (AvgIpc) is 2.21. The summed E-state index contributed by atoms with van der Waals surface area (Å²) in [6.07, 6.45) is 1.53. The van der Waals surface area contributed by atoms with Gasteiger partial charge in [-0.25, -0.2) is 0 Å². The Morgan fingerprint density at radius 3 is 2.31 bits per heavy atom. The molecule has 0 aliphatic rings. The Hall–Kier alpha value is -2.08. The van der Waals surface area contributed by atoms with Crippen LogP contribution in [0.1, 0.15) is 22.3 Å². The molecule has 1 amide bonds. The highest BCUT2D eigenvalue weighted by atomic mass is 16.1. The van der Waals surface area contributed by atoms with Crippen LogP contribution in [0.2, 0.25) is 0 Å². The average molecular weight is 214 g/mol. The number of primary amides is 1. The monoisotopic (exact) mass is 214 g/mol. The van der Waals surface area contributed by atoms with E-state index in [-0.39, 0.29) is 5.57 Å². The third-order valence-electron chi connectivity index (χ3n) is 2.57. The SMILES string of the molecule is Cc1cc(C)c(/C=C(\C#N)C(N)=O)cc1C. The Bertz CT molecular complexity index is 507. The van der Waals surface area contributed by atoms with Gasteiger partial charge in [0.25, 0.3) is 5.91 Å². The fourth-order valence-electron chi connectivity index (χ4n) is 1.45. The smallest absolute Gasteiger partial charge is 0.259 e. The van der Waals surface area contributed by atoms with E-state index in [0.29, 0.717) is 0 Å². The van der Waals surface area contributed by atoms with E-state index < -0.39 is 5.91 Å². The van der Waals surface area contributed by atoms with Gasteiger partial charge in [0.2, 0.25) is 0 Å². The van der Waals surface area contributed by atoms with E-state index in [1.165, 1.54) is 11.6 Å². The largest absolute Gasteiger partial charge is 0.365 e. The molecular formula is C13H14N2O. The first-order chi connectivity index (χ1) is 7.45. The van der Waals surface area contributed by atoms with Gasteiger partial charge < -0.3 is 5.73 Å². The van der Waals surface area contributed by atoms with Crippen LogP contribution in [0.3, 0.4) is 0 Å². The summed E-state index contributed by atoms with van der Waals surface area (Å²) in [6, 6.07) is 5.77. The van der Waals surface area contributed by atoms with E-state index in [1.807, 2.05) is 32.9 Å². The molecule has 0 radical (unpaired) electrons. The van der Waals surface area contributed by atoms with Gasteiger partial charge in [-0.2, -0.15) is 5.26 Å². The Balaban J connectivity index is 3.31. The van der Waals surface area contributed by atoms with Crippen LogP contribution >= 0.6 is 0 Å². The second-order valence-corrected chi connectivity index (χ2v) is 3.83. The first-order valence-corrected chi connectivity index (χ1v) is 4.95. The first-order valence-electron chi connectivity index (χ1n) is 4.95. The molecule has 2 N–H and O–H groups in total.